The molecule has 0 aliphatic rings. The number of carbonyl (C=O) groups excluding carboxylic acids is 1. The Balaban J connectivity index is 2.75. The van der Waals surface area contributed by atoms with Crippen LogP contribution in [-0.4, -0.2) is 51.5 Å². The van der Waals surface area contributed by atoms with Crippen LogP contribution in [0.1, 0.15) is 12.5 Å². The van der Waals surface area contributed by atoms with E-state index in [1.165, 1.54) is 11.8 Å². The van der Waals surface area contributed by atoms with E-state index < -0.39 is 18.8 Å². The Labute approximate surface area is 106 Å². The third-order valence-corrected chi connectivity index (χ3v) is 2.74. The van der Waals surface area contributed by atoms with Crippen molar-refractivity contribution >= 4 is 5.91 Å². The van der Waals surface area contributed by atoms with Gasteiger partial charge in [0.25, 0.3) is 0 Å². The minimum absolute atomic E-state index is 0.107. The molecule has 5 heteroatoms. The van der Waals surface area contributed by atoms with Gasteiger partial charge in [0.15, 0.2) is 0 Å². The molecule has 0 aliphatic carbocycles. The van der Waals surface area contributed by atoms with Crippen LogP contribution in [0.2, 0.25) is 0 Å². The molecule has 0 saturated heterocycles. The highest BCUT2D eigenvalue weighted by molar-refractivity contribution is 5.73. The number of hydrogen-bond donors (Lipinski definition) is 3. The molecule has 0 unspecified atom stereocenters. The van der Waals surface area contributed by atoms with Crippen molar-refractivity contribution in [3.05, 3.63) is 35.9 Å². The summed E-state index contributed by atoms with van der Waals surface area (Å²) >= 11 is 0. The zero-order chi connectivity index (χ0) is 13.6. The smallest absolute Gasteiger partial charge is 0.219 e. The van der Waals surface area contributed by atoms with Gasteiger partial charge in [0.05, 0.1) is 19.8 Å². The largest absolute Gasteiger partial charge is 0.393 e. The van der Waals surface area contributed by atoms with Gasteiger partial charge < -0.3 is 20.2 Å². The van der Waals surface area contributed by atoms with E-state index in [4.69, 9.17) is 10.2 Å². The molecule has 0 heterocycles. The number of amides is 1. The maximum Gasteiger partial charge on any atom is 0.219 e. The fourth-order valence-electron chi connectivity index (χ4n) is 1.59. The Morgan fingerprint density at radius 2 is 1.78 bits per heavy atom. The molecule has 0 aliphatic heterocycles. The lowest BCUT2D eigenvalue weighted by Gasteiger charge is -2.31. The Morgan fingerprint density at radius 3 is 2.22 bits per heavy atom. The summed E-state index contributed by atoms with van der Waals surface area (Å²) in [5.74, 6) is -0.223. The van der Waals surface area contributed by atoms with Gasteiger partial charge in [-0.25, -0.2) is 0 Å². The first-order valence-electron chi connectivity index (χ1n) is 5.74. The van der Waals surface area contributed by atoms with E-state index in [0.717, 1.165) is 5.56 Å². The normalized spacial score (nSPS) is 11.3. The van der Waals surface area contributed by atoms with Crippen LogP contribution in [0.15, 0.2) is 30.3 Å². The summed E-state index contributed by atoms with van der Waals surface area (Å²) in [6, 6.07) is 9.33. The number of rotatable bonds is 6. The summed E-state index contributed by atoms with van der Waals surface area (Å²) in [7, 11) is 0. The number of aliphatic hydroxyl groups is 3. The molecule has 1 amide bonds. The van der Waals surface area contributed by atoms with Crippen LogP contribution in [0.25, 0.3) is 0 Å². The number of hydrogen-bond acceptors (Lipinski definition) is 4. The standard InChI is InChI=1S/C13H19NO4/c1-11(17)14(8-13(18,9-15)10-16)7-12-5-3-2-4-6-12/h2-6,15-16,18H,7-10H2,1H3. The highest BCUT2D eigenvalue weighted by Gasteiger charge is 2.29. The second-order valence-electron chi connectivity index (χ2n) is 4.40. The van der Waals surface area contributed by atoms with E-state index in [9.17, 15) is 9.90 Å². The van der Waals surface area contributed by atoms with Crippen molar-refractivity contribution in [2.75, 3.05) is 19.8 Å². The van der Waals surface area contributed by atoms with Gasteiger partial charge >= 0.3 is 0 Å². The molecule has 1 rings (SSSR count). The van der Waals surface area contributed by atoms with E-state index in [1.807, 2.05) is 30.3 Å². The van der Waals surface area contributed by atoms with Crippen molar-refractivity contribution in [1.29, 1.82) is 0 Å². The zero-order valence-electron chi connectivity index (χ0n) is 10.4. The van der Waals surface area contributed by atoms with Crippen molar-refractivity contribution < 1.29 is 20.1 Å². The van der Waals surface area contributed by atoms with Gasteiger partial charge in [-0.2, -0.15) is 0 Å². The van der Waals surface area contributed by atoms with Crippen LogP contribution in [-0.2, 0) is 11.3 Å². The molecule has 0 bridgehead atoms. The molecule has 100 valence electrons. The fourth-order valence-corrected chi connectivity index (χ4v) is 1.59. The van der Waals surface area contributed by atoms with Crippen molar-refractivity contribution in [2.24, 2.45) is 0 Å². The van der Waals surface area contributed by atoms with E-state index in [0.29, 0.717) is 6.54 Å². The SMILES string of the molecule is CC(=O)N(Cc1ccccc1)CC(O)(CO)CO. The first kappa shape index (κ1) is 14.6. The van der Waals surface area contributed by atoms with E-state index >= 15 is 0 Å². The number of carbonyl (C=O) groups is 1. The molecule has 3 N–H and O–H groups in total. The van der Waals surface area contributed by atoms with Crippen molar-refractivity contribution in [3.63, 3.8) is 0 Å². The minimum Gasteiger partial charge on any atom is -0.393 e. The monoisotopic (exact) mass is 253 g/mol. The maximum absolute atomic E-state index is 11.5. The van der Waals surface area contributed by atoms with Crippen LogP contribution in [0, 0.1) is 0 Å². The predicted octanol–water partition coefficient (Wildman–Crippen LogP) is -0.249. The van der Waals surface area contributed by atoms with Crippen LogP contribution < -0.4 is 0 Å². The molecule has 0 atom stereocenters. The molecule has 0 spiro atoms. The molecule has 5 nitrogen and oxygen atoms in total. The van der Waals surface area contributed by atoms with E-state index in [2.05, 4.69) is 0 Å². The van der Waals surface area contributed by atoms with Crippen LogP contribution in [0.3, 0.4) is 0 Å². The van der Waals surface area contributed by atoms with Gasteiger partial charge in [-0.15, -0.1) is 0 Å². The lowest BCUT2D eigenvalue weighted by molar-refractivity contribution is -0.137. The molecule has 0 saturated carbocycles. The van der Waals surface area contributed by atoms with Crippen LogP contribution in [0.5, 0.6) is 0 Å². The molecule has 1 aromatic carbocycles. The molecule has 0 radical (unpaired) electrons. The second-order valence-corrected chi connectivity index (χ2v) is 4.40. The number of nitrogens with zero attached hydrogens (tertiary/aromatic N) is 1. The summed E-state index contributed by atoms with van der Waals surface area (Å²) in [5.41, 5.74) is -0.744. The van der Waals surface area contributed by atoms with Crippen molar-refractivity contribution in [1.82, 2.24) is 4.90 Å². The van der Waals surface area contributed by atoms with Gasteiger partial charge in [-0.05, 0) is 5.56 Å². The Bertz CT molecular complexity index is 376. The second kappa shape index (κ2) is 6.49. The van der Waals surface area contributed by atoms with Gasteiger partial charge in [-0.1, -0.05) is 30.3 Å². The lowest BCUT2D eigenvalue weighted by Crippen LogP contribution is -2.49. The first-order valence-corrected chi connectivity index (χ1v) is 5.74. The van der Waals surface area contributed by atoms with Gasteiger partial charge in [0.2, 0.25) is 5.91 Å². The molecular weight excluding hydrogens is 234 g/mol. The summed E-state index contributed by atoms with van der Waals surface area (Å²) in [6.45, 7) is 0.422. The average molecular weight is 253 g/mol. The van der Waals surface area contributed by atoms with Gasteiger partial charge in [-0.3, -0.25) is 4.79 Å². The predicted molar refractivity (Wildman–Crippen MR) is 66.7 cm³/mol. The number of aliphatic hydroxyl groups excluding tert-OH is 2. The summed E-state index contributed by atoms with van der Waals surface area (Å²) in [4.78, 5) is 12.9. The van der Waals surface area contributed by atoms with E-state index in [-0.39, 0.29) is 12.5 Å². The highest BCUT2D eigenvalue weighted by Crippen LogP contribution is 2.11. The third-order valence-electron chi connectivity index (χ3n) is 2.74. The van der Waals surface area contributed by atoms with Crippen LogP contribution >= 0.6 is 0 Å². The quantitative estimate of drug-likeness (QED) is 0.653. The summed E-state index contributed by atoms with van der Waals surface area (Å²) < 4.78 is 0. The van der Waals surface area contributed by atoms with Crippen molar-refractivity contribution in [3.8, 4) is 0 Å². The Hall–Kier alpha value is -1.43. The zero-order valence-corrected chi connectivity index (χ0v) is 10.4. The van der Waals surface area contributed by atoms with Crippen molar-refractivity contribution in [2.45, 2.75) is 19.1 Å². The van der Waals surface area contributed by atoms with Crippen LogP contribution in [0.4, 0.5) is 0 Å². The average Bonchev–Trinajstić information content (AvgIpc) is 2.39. The molecule has 1 aromatic rings. The summed E-state index contributed by atoms with van der Waals surface area (Å²) in [6.07, 6.45) is 0. The fraction of sp³-hybridized carbons (Fsp3) is 0.462. The minimum atomic E-state index is -1.67. The summed E-state index contributed by atoms with van der Waals surface area (Å²) in [5, 5.41) is 27.9. The molecular formula is C13H19NO4. The molecule has 18 heavy (non-hydrogen) atoms. The number of benzene rings is 1. The van der Waals surface area contributed by atoms with E-state index in [1.54, 1.807) is 0 Å². The Morgan fingerprint density at radius 1 is 1.22 bits per heavy atom. The highest BCUT2D eigenvalue weighted by atomic mass is 16.4. The molecule has 0 fully saturated rings. The van der Waals surface area contributed by atoms with Gasteiger partial charge in [0.1, 0.15) is 5.60 Å². The maximum atomic E-state index is 11.5. The third kappa shape index (κ3) is 4.10. The lowest BCUT2D eigenvalue weighted by atomic mass is 10.1. The Kier molecular flexibility index (Phi) is 5.27. The molecule has 0 aromatic heterocycles. The topological polar surface area (TPSA) is 81.0 Å². The van der Waals surface area contributed by atoms with Gasteiger partial charge in [0, 0.05) is 13.5 Å². The first-order chi connectivity index (χ1) is 8.50.